The zero-order valence-corrected chi connectivity index (χ0v) is 19.8. The van der Waals surface area contributed by atoms with Gasteiger partial charge < -0.3 is 13.9 Å². The lowest BCUT2D eigenvalue weighted by molar-refractivity contribution is -0.136. The Bertz CT molecular complexity index is 1290. The average Bonchev–Trinajstić information content (AvgIpc) is 3.40. The molecule has 3 amide bonds. The molecule has 2 aromatic carbocycles. The molecular formula is C22H18N4O7S2. The number of esters is 1. The Balaban J connectivity index is 1.28. The Morgan fingerprint density at radius 3 is 2.83 bits per heavy atom. The van der Waals surface area contributed by atoms with Gasteiger partial charge in [-0.05, 0) is 35.9 Å². The molecule has 1 saturated heterocycles. The van der Waals surface area contributed by atoms with Crippen molar-refractivity contribution in [3.05, 3.63) is 48.0 Å². The summed E-state index contributed by atoms with van der Waals surface area (Å²) in [5.74, 6) is -1.10. The average molecular weight is 515 g/mol. The number of hydrogen-bond donors (Lipinski definition) is 2. The summed E-state index contributed by atoms with van der Waals surface area (Å²) in [6.07, 6.45) is 1.14. The number of ether oxygens (including phenoxy) is 2. The monoisotopic (exact) mass is 514 g/mol. The predicted octanol–water partition coefficient (Wildman–Crippen LogP) is 2.73. The van der Waals surface area contributed by atoms with E-state index in [1.54, 1.807) is 18.2 Å². The number of carbonyl (C=O) groups excluding carboxylic acids is 4. The standard InChI is InChI=1S/C22H18N4O7S2/c1-31-16-8-12(6-7-15(16)32-19(28)9-17-20(29)25-21(30)35-17)10-23-26-18(27)11-34-22-24-13-4-2-3-5-14(13)33-22/h2-8,10,17H,9,11H2,1H3,(H,26,27)(H,25,29,30). The molecule has 35 heavy (non-hydrogen) atoms. The van der Waals surface area contributed by atoms with Gasteiger partial charge in [0.2, 0.25) is 5.91 Å². The Labute approximate surface area is 207 Å². The van der Waals surface area contributed by atoms with Crippen LogP contribution in [0.25, 0.3) is 11.1 Å². The summed E-state index contributed by atoms with van der Waals surface area (Å²) in [6.45, 7) is 0. The number of amides is 3. The molecule has 0 radical (unpaired) electrons. The number of nitrogens with one attached hydrogen (secondary N) is 2. The first-order valence-corrected chi connectivity index (χ1v) is 12.0. The van der Waals surface area contributed by atoms with E-state index in [0.717, 1.165) is 29.0 Å². The number of nitrogens with zero attached hydrogens (tertiary/aromatic N) is 2. The van der Waals surface area contributed by atoms with Crippen LogP contribution in [0.3, 0.4) is 0 Å². The molecule has 1 atom stereocenters. The van der Waals surface area contributed by atoms with Gasteiger partial charge in [0.05, 0.1) is 25.5 Å². The highest BCUT2D eigenvalue weighted by Gasteiger charge is 2.34. The van der Waals surface area contributed by atoms with Gasteiger partial charge >= 0.3 is 5.97 Å². The third kappa shape index (κ3) is 6.39. The fourth-order valence-corrected chi connectivity index (χ4v) is 4.38. The molecule has 1 aliphatic heterocycles. The number of benzene rings is 2. The molecule has 11 nitrogen and oxygen atoms in total. The summed E-state index contributed by atoms with van der Waals surface area (Å²) in [6, 6.07) is 12.0. The minimum Gasteiger partial charge on any atom is -0.493 e. The van der Waals surface area contributed by atoms with Crippen molar-refractivity contribution in [3.8, 4) is 11.5 Å². The van der Waals surface area contributed by atoms with Crippen LogP contribution < -0.4 is 20.2 Å². The van der Waals surface area contributed by atoms with E-state index >= 15 is 0 Å². The maximum atomic E-state index is 12.2. The Morgan fingerprint density at radius 1 is 1.26 bits per heavy atom. The molecule has 0 aliphatic carbocycles. The number of thioether (sulfide) groups is 2. The van der Waals surface area contributed by atoms with Crippen LogP contribution in [-0.2, 0) is 14.4 Å². The number of imide groups is 1. The minimum atomic E-state index is -0.822. The third-order valence-electron chi connectivity index (χ3n) is 4.53. The molecule has 13 heteroatoms. The van der Waals surface area contributed by atoms with E-state index in [1.807, 2.05) is 18.2 Å². The number of hydrazone groups is 1. The van der Waals surface area contributed by atoms with E-state index in [-0.39, 0.29) is 29.6 Å². The highest BCUT2D eigenvalue weighted by molar-refractivity contribution is 8.15. The van der Waals surface area contributed by atoms with Gasteiger partial charge in [0.1, 0.15) is 10.8 Å². The lowest BCUT2D eigenvalue weighted by Gasteiger charge is -2.10. The van der Waals surface area contributed by atoms with Crippen LogP contribution in [-0.4, -0.2) is 52.3 Å². The van der Waals surface area contributed by atoms with Gasteiger partial charge in [-0.3, -0.25) is 24.5 Å². The van der Waals surface area contributed by atoms with Gasteiger partial charge in [-0.25, -0.2) is 10.4 Å². The van der Waals surface area contributed by atoms with Crippen molar-refractivity contribution in [3.63, 3.8) is 0 Å². The fraction of sp³-hybridized carbons (Fsp3) is 0.182. The molecule has 0 saturated carbocycles. The lowest BCUT2D eigenvalue weighted by Crippen LogP contribution is -2.27. The summed E-state index contributed by atoms with van der Waals surface area (Å²) < 4.78 is 16.1. The largest absolute Gasteiger partial charge is 0.493 e. The predicted molar refractivity (Wildman–Crippen MR) is 129 cm³/mol. The van der Waals surface area contributed by atoms with Crippen molar-refractivity contribution in [2.75, 3.05) is 12.9 Å². The molecule has 1 aliphatic rings. The lowest BCUT2D eigenvalue weighted by atomic mass is 10.2. The first-order valence-electron chi connectivity index (χ1n) is 10.1. The molecule has 1 unspecified atom stereocenters. The number of oxazole rings is 1. The van der Waals surface area contributed by atoms with Crippen LogP contribution in [0.15, 0.2) is 57.2 Å². The first kappa shape index (κ1) is 24.3. The first-order chi connectivity index (χ1) is 16.9. The molecule has 0 spiro atoms. The number of methoxy groups -OCH3 is 1. The van der Waals surface area contributed by atoms with Gasteiger partial charge in [0, 0.05) is 0 Å². The van der Waals surface area contributed by atoms with Gasteiger partial charge in [0.25, 0.3) is 16.4 Å². The van der Waals surface area contributed by atoms with Crippen LogP contribution in [0.1, 0.15) is 12.0 Å². The second-order valence-electron chi connectivity index (χ2n) is 7.00. The SMILES string of the molecule is COc1cc(C=NNC(=O)CSc2nc3ccccc3o2)ccc1OC(=O)CC1SC(=O)NC1=O. The molecule has 3 aromatic rings. The molecule has 180 valence electrons. The van der Waals surface area contributed by atoms with Crippen molar-refractivity contribution < 1.29 is 33.1 Å². The number of aromatic nitrogens is 1. The van der Waals surface area contributed by atoms with Crippen molar-refractivity contribution >= 4 is 63.9 Å². The number of rotatable bonds is 9. The van der Waals surface area contributed by atoms with Crippen LogP contribution in [0.2, 0.25) is 0 Å². The summed E-state index contributed by atoms with van der Waals surface area (Å²) in [4.78, 5) is 51.3. The van der Waals surface area contributed by atoms with E-state index in [9.17, 15) is 19.2 Å². The van der Waals surface area contributed by atoms with Crippen LogP contribution in [0, 0.1) is 0 Å². The zero-order valence-electron chi connectivity index (χ0n) is 18.2. The number of fused-ring (bicyclic) bond motifs is 1. The van der Waals surface area contributed by atoms with Gasteiger partial charge in [-0.15, -0.1) is 0 Å². The minimum absolute atomic E-state index is 0.0608. The molecule has 1 fully saturated rings. The summed E-state index contributed by atoms with van der Waals surface area (Å²) in [7, 11) is 1.40. The van der Waals surface area contributed by atoms with Gasteiger partial charge in [-0.2, -0.15) is 5.10 Å². The Hall–Kier alpha value is -3.84. The highest BCUT2D eigenvalue weighted by Crippen LogP contribution is 2.29. The molecule has 0 bridgehead atoms. The number of hydrogen-bond acceptors (Lipinski definition) is 11. The third-order valence-corrected chi connectivity index (χ3v) is 6.34. The van der Waals surface area contributed by atoms with Gasteiger partial charge in [0.15, 0.2) is 17.1 Å². The highest BCUT2D eigenvalue weighted by atomic mass is 32.2. The Kier molecular flexibility index (Phi) is 7.67. The van der Waals surface area contributed by atoms with E-state index in [2.05, 4.69) is 20.8 Å². The zero-order chi connectivity index (χ0) is 24.8. The maximum absolute atomic E-state index is 12.2. The second kappa shape index (κ2) is 11.1. The quantitative estimate of drug-likeness (QED) is 0.143. The summed E-state index contributed by atoms with van der Waals surface area (Å²) in [5, 5.41) is 5.10. The topological polar surface area (TPSA) is 149 Å². The summed E-state index contributed by atoms with van der Waals surface area (Å²) in [5.41, 5.74) is 4.35. The fourth-order valence-electron chi connectivity index (χ4n) is 2.94. The second-order valence-corrected chi connectivity index (χ2v) is 9.10. The number of carbonyl (C=O) groups is 4. The Morgan fingerprint density at radius 2 is 2.09 bits per heavy atom. The van der Waals surface area contributed by atoms with Crippen LogP contribution in [0.5, 0.6) is 11.5 Å². The van der Waals surface area contributed by atoms with E-state index in [4.69, 9.17) is 13.9 Å². The molecule has 4 rings (SSSR count). The van der Waals surface area contributed by atoms with Crippen molar-refractivity contribution in [1.82, 2.24) is 15.7 Å². The maximum Gasteiger partial charge on any atom is 0.312 e. The van der Waals surface area contributed by atoms with Gasteiger partial charge in [-0.1, -0.05) is 35.7 Å². The van der Waals surface area contributed by atoms with Crippen LogP contribution >= 0.6 is 23.5 Å². The van der Waals surface area contributed by atoms with Crippen molar-refractivity contribution in [2.45, 2.75) is 16.9 Å². The molecule has 2 heterocycles. The molecule has 2 N–H and O–H groups in total. The number of para-hydroxylation sites is 2. The molecule has 1 aromatic heterocycles. The molecular weight excluding hydrogens is 496 g/mol. The van der Waals surface area contributed by atoms with E-state index in [1.165, 1.54) is 19.4 Å². The smallest absolute Gasteiger partial charge is 0.312 e. The summed E-state index contributed by atoms with van der Waals surface area (Å²) >= 11 is 1.89. The van der Waals surface area contributed by atoms with Crippen molar-refractivity contribution in [2.24, 2.45) is 5.10 Å². The van der Waals surface area contributed by atoms with Crippen LogP contribution in [0.4, 0.5) is 4.79 Å². The van der Waals surface area contributed by atoms with E-state index in [0.29, 0.717) is 16.4 Å². The normalized spacial score (nSPS) is 15.4. The van der Waals surface area contributed by atoms with Crippen molar-refractivity contribution in [1.29, 1.82) is 0 Å². The van der Waals surface area contributed by atoms with E-state index < -0.39 is 22.4 Å².